The number of nitrogens with zero attached hydrogens (tertiary/aromatic N) is 1. The second-order valence-corrected chi connectivity index (χ2v) is 16.8. The molecule has 0 rings (SSSR count). The van der Waals surface area contributed by atoms with Gasteiger partial charge in [0.2, 0.25) is 0 Å². The van der Waals surface area contributed by atoms with Crippen molar-refractivity contribution in [3.8, 4) is 0 Å². The highest BCUT2D eigenvalue weighted by Gasteiger charge is 2.21. The van der Waals surface area contributed by atoms with E-state index in [4.69, 9.17) is 18.5 Å². The van der Waals surface area contributed by atoms with E-state index in [2.05, 4.69) is 62.5 Å². The molecule has 0 spiro atoms. The molecule has 0 heterocycles. The summed E-state index contributed by atoms with van der Waals surface area (Å²) in [5.74, 6) is -0.909. The third kappa shape index (κ3) is 39.7. The summed E-state index contributed by atoms with van der Waals surface area (Å²) in [5, 5.41) is 0. The van der Waals surface area contributed by atoms with Crippen LogP contribution >= 0.6 is 7.82 Å². The minimum atomic E-state index is -4.63. The highest BCUT2D eigenvalue weighted by molar-refractivity contribution is 7.45. The lowest BCUT2D eigenvalue weighted by atomic mass is 10.1. The van der Waals surface area contributed by atoms with Crippen molar-refractivity contribution in [3.05, 3.63) is 48.6 Å². The quantitative estimate of drug-likeness (QED) is 0.0200. The third-order valence-electron chi connectivity index (χ3n) is 8.82. The number of hydrogen-bond acceptors (Lipinski definition) is 8. The van der Waals surface area contributed by atoms with Crippen LogP contribution in [0.5, 0.6) is 0 Å². The average Bonchev–Trinajstić information content (AvgIpc) is 3.12. The maximum absolute atomic E-state index is 12.6. The normalized spacial score (nSPS) is 14.1. The molecule has 0 aliphatic heterocycles. The first-order valence-electron chi connectivity index (χ1n) is 21.3. The fourth-order valence-corrected chi connectivity index (χ4v) is 6.16. The van der Waals surface area contributed by atoms with Gasteiger partial charge in [-0.25, -0.2) is 0 Å². The van der Waals surface area contributed by atoms with Gasteiger partial charge in [0.1, 0.15) is 19.8 Å². The van der Waals surface area contributed by atoms with Crippen LogP contribution in [0.15, 0.2) is 48.6 Å². The molecule has 0 N–H and O–H groups in total. The number of esters is 2. The number of quaternary nitrogens is 1. The Morgan fingerprint density at radius 1 is 0.574 bits per heavy atom. The summed E-state index contributed by atoms with van der Waals surface area (Å²) in [6.45, 7) is 4.12. The Bertz CT molecular complexity index is 1070. The molecule has 0 aromatic carbocycles. The molecule has 2 atom stereocenters. The Balaban J connectivity index is 4.48. The molecule has 314 valence electrons. The van der Waals surface area contributed by atoms with Crippen molar-refractivity contribution in [3.63, 3.8) is 0 Å². The first kappa shape index (κ1) is 52.0. The van der Waals surface area contributed by atoms with E-state index in [0.717, 1.165) is 64.2 Å². The van der Waals surface area contributed by atoms with E-state index in [9.17, 15) is 19.0 Å². The fourth-order valence-electron chi connectivity index (χ4n) is 5.43. The van der Waals surface area contributed by atoms with Gasteiger partial charge >= 0.3 is 11.9 Å². The van der Waals surface area contributed by atoms with Crippen molar-refractivity contribution in [2.45, 2.75) is 174 Å². The van der Waals surface area contributed by atoms with Crippen molar-refractivity contribution in [1.29, 1.82) is 0 Å². The zero-order chi connectivity index (χ0) is 40.0. The second-order valence-electron chi connectivity index (χ2n) is 15.3. The maximum atomic E-state index is 12.6. The molecule has 0 bridgehead atoms. The van der Waals surface area contributed by atoms with Gasteiger partial charge in [-0.15, -0.1) is 0 Å². The zero-order valence-corrected chi connectivity index (χ0v) is 36.0. The van der Waals surface area contributed by atoms with Gasteiger partial charge in [0.25, 0.3) is 7.82 Å². The number of phosphoric acid groups is 1. The standard InChI is InChI=1S/C44H80NO8P/c1-6-8-10-12-14-16-18-20-21-22-23-25-26-28-30-32-34-36-43(46)50-40-42(41-52-54(48,49)51-39-38-45(3,4)5)53-44(47)37-35-33-31-29-27-24-19-17-15-13-11-9-7-2/h17,19-21,23,25,28,30,42H,6-16,18,22,24,26-27,29,31-41H2,1-5H3/b19-17+,21-20+,25-23+,30-28+/t42-/m1/s1. The Morgan fingerprint density at radius 2 is 1.02 bits per heavy atom. The van der Waals surface area contributed by atoms with Crippen molar-refractivity contribution >= 4 is 19.8 Å². The molecule has 0 fully saturated rings. The van der Waals surface area contributed by atoms with Crippen LogP contribution in [-0.2, 0) is 32.7 Å². The fraction of sp³-hybridized carbons (Fsp3) is 0.773. The summed E-state index contributed by atoms with van der Waals surface area (Å²) in [6.07, 6.45) is 41.4. The van der Waals surface area contributed by atoms with Crippen LogP contribution in [0.25, 0.3) is 0 Å². The summed E-state index contributed by atoms with van der Waals surface area (Å²) in [5.41, 5.74) is 0. The number of likely N-dealkylation sites (N-methyl/N-ethyl adjacent to an activating group) is 1. The molecule has 10 heteroatoms. The van der Waals surface area contributed by atoms with Gasteiger partial charge in [-0.3, -0.25) is 14.2 Å². The molecule has 0 aromatic rings. The van der Waals surface area contributed by atoms with E-state index >= 15 is 0 Å². The molecular weight excluding hydrogens is 701 g/mol. The minimum Gasteiger partial charge on any atom is -0.756 e. The van der Waals surface area contributed by atoms with Gasteiger partial charge < -0.3 is 27.9 Å². The van der Waals surface area contributed by atoms with Crippen molar-refractivity contribution < 1.29 is 42.1 Å². The molecule has 0 saturated heterocycles. The lowest BCUT2D eigenvalue weighted by molar-refractivity contribution is -0.870. The van der Waals surface area contributed by atoms with Crippen LogP contribution in [0.3, 0.4) is 0 Å². The monoisotopic (exact) mass is 782 g/mol. The summed E-state index contributed by atoms with van der Waals surface area (Å²) in [7, 11) is 1.13. The maximum Gasteiger partial charge on any atom is 0.306 e. The Morgan fingerprint density at radius 3 is 1.57 bits per heavy atom. The number of rotatable bonds is 38. The summed E-state index contributed by atoms with van der Waals surface area (Å²) < 4.78 is 33.8. The van der Waals surface area contributed by atoms with E-state index in [1.54, 1.807) is 0 Å². The Labute approximate surface area is 331 Å². The number of phosphoric ester groups is 1. The molecule has 0 radical (unpaired) electrons. The van der Waals surface area contributed by atoms with Crippen LogP contribution in [0.2, 0.25) is 0 Å². The number of carbonyl (C=O) groups is 2. The molecule has 1 unspecified atom stereocenters. The van der Waals surface area contributed by atoms with E-state index in [0.29, 0.717) is 23.9 Å². The van der Waals surface area contributed by atoms with Crippen molar-refractivity contribution in [2.24, 2.45) is 0 Å². The Hall–Kier alpha value is -2.03. The van der Waals surface area contributed by atoms with Gasteiger partial charge in [-0.1, -0.05) is 133 Å². The van der Waals surface area contributed by atoms with E-state index < -0.39 is 32.5 Å². The van der Waals surface area contributed by atoms with Crippen LogP contribution in [0, 0.1) is 0 Å². The van der Waals surface area contributed by atoms with Gasteiger partial charge in [-0.05, 0) is 70.6 Å². The van der Waals surface area contributed by atoms with Crippen LogP contribution in [-0.4, -0.2) is 70.0 Å². The SMILES string of the molecule is CCCCCC/C=C/CCCCCCCC(=O)O[C@H](COC(=O)CCC/C=C/C/C=C/C/C=C/CCCCCCCC)COP(=O)([O-])OCC[N+](C)(C)C. The van der Waals surface area contributed by atoms with Gasteiger partial charge in [0, 0.05) is 12.8 Å². The van der Waals surface area contributed by atoms with E-state index in [1.165, 1.54) is 64.2 Å². The first-order chi connectivity index (χ1) is 26.0. The van der Waals surface area contributed by atoms with E-state index in [1.807, 2.05) is 21.1 Å². The second kappa shape index (κ2) is 36.6. The number of ether oxygens (including phenoxy) is 2. The summed E-state index contributed by atoms with van der Waals surface area (Å²) in [6, 6.07) is 0. The highest BCUT2D eigenvalue weighted by Crippen LogP contribution is 2.38. The zero-order valence-electron chi connectivity index (χ0n) is 35.2. The van der Waals surface area contributed by atoms with Crippen molar-refractivity contribution in [1.82, 2.24) is 0 Å². The summed E-state index contributed by atoms with van der Waals surface area (Å²) >= 11 is 0. The molecule has 0 aliphatic rings. The van der Waals surface area contributed by atoms with Crippen LogP contribution in [0.1, 0.15) is 168 Å². The highest BCUT2D eigenvalue weighted by atomic mass is 31.2. The van der Waals surface area contributed by atoms with Gasteiger partial charge in [0.15, 0.2) is 6.10 Å². The number of carbonyl (C=O) groups excluding carboxylic acids is 2. The lowest BCUT2D eigenvalue weighted by Gasteiger charge is -2.28. The smallest absolute Gasteiger partial charge is 0.306 e. The van der Waals surface area contributed by atoms with Crippen molar-refractivity contribution in [2.75, 3.05) is 47.5 Å². The number of unbranched alkanes of at least 4 members (excludes halogenated alkanes) is 16. The van der Waals surface area contributed by atoms with Crippen LogP contribution in [0.4, 0.5) is 0 Å². The largest absolute Gasteiger partial charge is 0.756 e. The molecule has 0 amide bonds. The van der Waals surface area contributed by atoms with Crippen LogP contribution < -0.4 is 4.89 Å². The Kier molecular flexibility index (Phi) is 35.2. The minimum absolute atomic E-state index is 0.0412. The molecule has 0 aliphatic carbocycles. The molecule has 9 nitrogen and oxygen atoms in total. The molecule has 0 saturated carbocycles. The summed E-state index contributed by atoms with van der Waals surface area (Å²) in [4.78, 5) is 37.4. The molecular formula is C44H80NO8P. The lowest BCUT2D eigenvalue weighted by Crippen LogP contribution is -2.37. The predicted molar refractivity (Wildman–Crippen MR) is 222 cm³/mol. The molecule has 54 heavy (non-hydrogen) atoms. The first-order valence-corrected chi connectivity index (χ1v) is 22.8. The van der Waals surface area contributed by atoms with E-state index in [-0.39, 0.29) is 26.1 Å². The third-order valence-corrected chi connectivity index (χ3v) is 9.79. The number of allylic oxidation sites excluding steroid dienone is 8. The van der Waals surface area contributed by atoms with Gasteiger partial charge in [0.05, 0.1) is 27.7 Å². The predicted octanol–water partition coefficient (Wildman–Crippen LogP) is 11.3. The van der Waals surface area contributed by atoms with Gasteiger partial charge in [-0.2, -0.15) is 0 Å². The molecule has 0 aromatic heterocycles. The topological polar surface area (TPSA) is 111 Å². The number of hydrogen-bond donors (Lipinski definition) is 0. The average molecular weight is 782 g/mol.